The van der Waals surface area contributed by atoms with E-state index in [-0.39, 0.29) is 17.1 Å². The molecule has 1 N–H and O–H groups in total. The van der Waals surface area contributed by atoms with Crippen molar-refractivity contribution >= 4 is 16.9 Å². The van der Waals surface area contributed by atoms with Crippen LogP contribution in [0.25, 0.3) is 11.1 Å². The molecule has 0 aliphatic heterocycles. The maximum absolute atomic E-state index is 13.7. The second-order valence-corrected chi connectivity index (χ2v) is 8.24. The van der Waals surface area contributed by atoms with E-state index in [1.165, 1.54) is 0 Å². The molecule has 0 heterocycles. The van der Waals surface area contributed by atoms with Crippen molar-refractivity contribution in [2.24, 2.45) is 0 Å². The van der Waals surface area contributed by atoms with Gasteiger partial charge in [-0.05, 0) is 45.5 Å². The zero-order valence-corrected chi connectivity index (χ0v) is 19.1. The number of benzene rings is 5. The van der Waals surface area contributed by atoms with Gasteiger partial charge in [0.1, 0.15) is 5.75 Å². The molecule has 0 fully saturated rings. The minimum Gasteiger partial charge on any atom is -0.507 e. The quantitative estimate of drug-likeness (QED) is 0.212. The van der Waals surface area contributed by atoms with Gasteiger partial charge in [-0.2, -0.15) is 0 Å². The largest absolute Gasteiger partial charge is 0.507 e. The Hall–Kier alpha value is -4.69. The van der Waals surface area contributed by atoms with Crippen LogP contribution in [0.1, 0.15) is 38.2 Å². The Kier molecular flexibility index (Phi) is 6.36. The zero-order chi connectivity index (χ0) is 24.0. The number of para-hydroxylation sites is 1. The van der Waals surface area contributed by atoms with Crippen LogP contribution in [0.3, 0.4) is 0 Å². The number of aromatic hydroxyl groups is 1. The fourth-order valence-corrected chi connectivity index (χ4v) is 4.41. The van der Waals surface area contributed by atoms with Crippen molar-refractivity contribution in [3.8, 4) is 5.75 Å². The van der Waals surface area contributed by atoms with Gasteiger partial charge >= 0.3 is 0 Å². The normalized spacial score (nSPS) is 10.5. The molecule has 0 unspecified atom stereocenters. The van der Waals surface area contributed by atoms with Crippen LogP contribution in [-0.4, -0.2) is 10.9 Å². The van der Waals surface area contributed by atoms with Gasteiger partial charge in [0, 0.05) is 5.56 Å². The zero-order valence-electron chi connectivity index (χ0n) is 19.1. The van der Waals surface area contributed by atoms with Gasteiger partial charge in [0.15, 0.2) is 5.78 Å². The molecule has 5 rings (SSSR count). The Labute approximate surface area is 205 Å². The lowest BCUT2D eigenvalue weighted by Gasteiger charge is -2.20. The van der Waals surface area contributed by atoms with Gasteiger partial charge in [0.2, 0.25) is 0 Å². The number of hydrogen-bond acceptors (Lipinski definition) is 2. The molecule has 0 aliphatic rings. The van der Waals surface area contributed by atoms with Gasteiger partial charge in [-0.1, -0.05) is 127 Å². The van der Waals surface area contributed by atoms with Crippen LogP contribution in [0.5, 0.6) is 5.75 Å². The summed E-state index contributed by atoms with van der Waals surface area (Å²) in [5, 5.41) is 10.4. The lowest BCUT2D eigenvalue weighted by Crippen LogP contribution is -2.07. The number of carbonyl (C=O) groups is 1. The molecule has 2 heteroatoms. The third-order valence-corrected chi connectivity index (χ3v) is 6.03. The summed E-state index contributed by atoms with van der Waals surface area (Å²) >= 11 is 0. The van der Waals surface area contributed by atoms with E-state index in [9.17, 15) is 9.90 Å². The SMILES string of the molecule is O=C(c1ccccc1O)c1ccccc1C(=C(c1ccccc1)c1ccccc1)c1ccccc1. The van der Waals surface area contributed by atoms with E-state index in [1.54, 1.807) is 24.3 Å². The number of rotatable bonds is 6. The minimum absolute atomic E-state index is 0.0242. The summed E-state index contributed by atoms with van der Waals surface area (Å²) in [7, 11) is 0. The van der Waals surface area contributed by atoms with Crippen LogP contribution < -0.4 is 0 Å². The van der Waals surface area contributed by atoms with Crippen molar-refractivity contribution in [1.82, 2.24) is 0 Å². The molecule has 168 valence electrons. The standard InChI is InChI=1S/C33H24O2/c34-30-23-13-12-22-29(30)33(35)28-21-11-10-20-27(28)32(26-18-8-3-9-19-26)31(24-14-4-1-5-15-24)25-16-6-2-7-17-25/h1-23,34H. The maximum atomic E-state index is 13.7. The van der Waals surface area contributed by atoms with Crippen LogP contribution in [0, 0.1) is 0 Å². The minimum atomic E-state index is -0.215. The highest BCUT2D eigenvalue weighted by molar-refractivity contribution is 6.16. The van der Waals surface area contributed by atoms with Crippen molar-refractivity contribution in [3.63, 3.8) is 0 Å². The predicted molar refractivity (Wildman–Crippen MR) is 142 cm³/mol. The van der Waals surface area contributed by atoms with E-state index >= 15 is 0 Å². The highest BCUT2D eigenvalue weighted by Gasteiger charge is 2.22. The van der Waals surface area contributed by atoms with Crippen LogP contribution in [0.4, 0.5) is 0 Å². The molecule has 35 heavy (non-hydrogen) atoms. The molecule has 0 bridgehead atoms. The molecule has 0 aromatic heterocycles. The van der Waals surface area contributed by atoms with Crippen molar-refractivity contribution in [2.45, 2.75) is 0 Å². The smallest absolute Gasteiger partial charge is 0.197 e. The van der Waals surface area contributed by atoms with Crippen molar-refractivity contribution in [2.75, 3.05) is 0 Å². The molecule has 0 amide bonds. The Morgan fingerprint density at radius 3 is 1.26 bits per heavy atom. The summed E-state index contributed by atoms with van der Waals surface area (Å²) in [6, 6.07) is 45.0. The predicted octanol–water partition coefficient (Wildman–Crippen LogP) is 7.63. The topological polar surface area (TPSA) is 37.3 Å². The molecule has 0 spiro atoms. The monoisotopic (exact) mass is 452 g/mol. The van der Waals surface area contributed by atoms with Crippen LogP contribution >= 0.6 is 0 Å². The summed E-state index contributed by atoms with van der Waals surface area (Å²) < 4.78 is 0. The van der Waals surface area contributed by atoms with E-state index < -0.39 is 0 Å². The second-order valence-electron chi connectivity index (χ2n) is 8.24. The van der Waals surface area contributed by atoms with E-state index in [4.69, 9.17) is 0 Å². The number of hydrogen-bond donors (Lipinski definition) is 1. The first-order chi connectivity index (χ1) is 17.2. The first-order valence-corrected chi connectivity index (χ1v) is 11.6. The fourth-order valence-electron chi connectivity index (χ4n) is 4.41. The number of carbonyl (C=O) groups excluding carboxylic acids is 1. The van der Waals surface area contributed by atoms with Gasteiger partial charge in [0.05, 0.1) is 5.56 Å². The van der Waals surface area contributed by atoms with Crippen LogP contribution in [-0.2, 0) is 0 Å². The molecule has 0 radical (unpaired) electrons. The van der Waals surface area contributed by atoms with Crippen molar-refractivity contribution in [1.29, 1.82) is 0 Å². The third kappa shape index (κ3) is 4.55. The summed E-state index contributed by atoms with van der Waals surface area (Å²) in [6.45, 7) is 0. The Balaban J connectivity index is 1.86. The van der Waals surface area contributed by atoms with Gasteiger partial charge in [-0.25, -0.2) is 0 Å². The fraction of sp³-hybridized carbons (Fsp3) is 0. The average molecular weight is 453 g/mol. The average Bonchev–Trinajstić information content (AvgIpc) is 2.93. The molecule has 0 saturated heterocycles. The van der Waals surface area contributed by atoms with Crippen molar-refractivity contribution in [3.05, 3.63) is 173 Å². The number of phenolic OH excluding ortho intramolecular Hbond substituents is 1. The second kappa shape index (κ2) is 10.1. The Bertz CT molecular complexity index is 1440. The van der Waals surface area contributed by atoms with E-state index in [2.05, 4.69) is 36.4 Å². The molecular weight excluding hydrogens is 428 g/mol. The van der Waals surface area contributed by atoms with Crippen molar-refractivity contribution < 1.29 is 9.90 Å². The first kappa shape index (κ1) is 22.1. The molecule has 0 atom stereocenters. The van der Waals surface area contributed by atoms with Gasteiger partial charge in [-0.3, -0.25) is 4.79 Å². The summed E-state index contributed by atoms with van der Waals surface area (Å²) in [5.41, 5.74) is 6.76. The van der Waals surface area contributed by atoms with E-state index in [0.29, 0.717) is 5.56 Å². The van der Waals surface area contributed by atoms with Crippen LogP contribution in [0.2, 0.25) is 0 Å². The molecule has 2 nitrogen and oxygen atoms in total. The highest BCUT2D eigenvalue weighted by atomic mass is 16.3. The Morgan fingerprint density at radius 2 is 0.771 bits per heavy atom. The maximum Gasteiger partial charge on any atom is 0.197 e. The summed E-state index contributed by atoms with van der Waals surface area (Å²) in [6.07, 6.45) is 0. The number of ketones is 1. The summed E-state index contributed by atoms with van der Waals surface area (Å²) in [4.78, 5) is 13.7. The molecule has 0 aliphatic carbocycles. The van der Waals surface area contributed by atoms with E-state index in [1.807, 2.05) is 78.9 Å². The lowest BCUT2D eigenvalue weighted by atomic mass is 9.83. The summed E-state index contributed by atoms with van der Waals surface area (Å²) in [5.74, 6) is -0.239. The Morgan fingerprint density at radius 1 is 0.400 bits per heavy atom. The van der Waals surface area contributed by atoms with Gasteiger partial charge < -0.3 is 5.11 Å². The molecule has 5 aromatic carbocycles. The third-order valence-electron chi connectivity index (χ3n) is 6.03. The highest BCUT2D eigenvalue weighted by Crippen LogP contribution is 2.38. The number of phenols is 1. The van der Waals surface area contributed by atoms with Gasteiger partial charge in [0.25, 0.3) is 0 Å². The van der Waals surface area contributed by atoms with Gasteiger partial charge in [-0.15, -0.1) is 0 Å². The van der Waals surface area contributed by atoms with E-state index in [0.717, 1.165) is 33.4 Å². The first-order valence-electron chi connectivity index (χ1n) is 11.6. The van der Waals surface area contributed by atoms with Crippen LogP contribution in [0.15, 0.2) is 140 Å². The molecule has 0 saturated carbocycles. The molecular formula is C33H24O2. The molecule has 5 aromatic rings. The lowest BCUT2D eigenvalue weighted by molar-refractivity contribution is 0.103.